The highest BCUT2D eigenvalue weighted by atomic mass is 31.2. The molecule has 13 atom stereocenters. The Morgan fingerprint density at radius 1 is 0.768 bits per heavy atom. The van der Waals surface area contributed by atoms with Crippen LogP contribution < -0.4 is 0 Å². The van der Waals surface area contributed by atoms with Crippen molar-refractivity contribution >= 4 is 19.8 Å². The van der Waals surface area contributed by atoms with Gasteiger partial charge in [0.1, 0.15) is 43.2 Å². The third-order valence-corrected chi connectivity index (χ3v) is 12.8. The van der Waals surface area contributed by atoms with Gasteiger partial charge in [-0.25, -0.2) is 4.57 Å². The Balaban J connectivity index is 2.15. The molecule has 0 aromatic rings. The molecule has 17 nitrogen and oxygen atoms in total. The first-order chi connectivity index (χ1) is 33.1. The minimum absolute atomic E-state index is 0.0188. The van der Waals surface area contributed by atoms with Crippen molar-refractivity contribution in [3.05, 3.63) is 72.9 Å². The van der Waals surface area contributed by atoms with Crippen molar-refractivity contribution in [2.45, 2.75) is 216 Å². The second-order valence-corrected chi connectivity index (χ2v) is 19.2. The van der Waals surface area contributed by atoms with E-state index in [1.165, 1.54) is 25.3 Å². The molecule has 396 valence electrons. The first kappa shape index (κ1) is 62.2. The molecule has 0 aromatic carbocycles. The predicted molar refractivity (Wildman–Crippen MR) is 261 cm³/mol. The van der Waals surface area contributed by atoms with E-state index in [1.807, 2.05) is 6.92 Å². The summed E-state index contributed by atoms with van der Waals surface area (Å²) in [6.45, 7) is 2.73. The van der Waals surface area contributed by atoms with Gasteiger partial charge >= 0.3 is 19.8 Å². The first-order valence-corrected chi connectivity index (χ1v) is 26.6. The third kappa shape index (κ3) is 27.5. The van der Waals surface area contributed by atoms with E-state index in [0.29, 0.717) is 38.5 Å². The number of ether oxygens (including phenoxy) is 3. The number of cyclic esters (lactones) is 1. The number of carbonyl (C=O) groups is 2. The number of unbranched alkanes of at least 4 members (excludes halogenated alkanes) is 8. The molecule has 18 heteroatoms. The van der Waals surface area contributed by atoms with Crippen LogP contribution in [0.1, 0.15) is 149 Å². The molecule has 2 aliphatic rings. The molecule has 0 aliphatic carbocycles. The van der Waals surface area contributed by atoms with Crippen LogP contribution in [0.4, 0.5) is 0 Å². The number of fused-ring (bicyclic) bond motifs is 4. The number of aliphatic hydroxyl groups excluding tert-OH is 8. The molecule has 9 N–H and O–H groups in total. The number of phosphoric acid groups is 1. The van der Waals surface area contributed by atoms with Gasteiger partial charge in [0.15, 0.2) is 12.4 Å². The fraction of sp³-hybridized carbons (Fsp3) is 0.725. The fourth-order valence-electron chi connectivity index (χ4n) is 7.67. The zero-order chi connectivity index (χ0) is 50.9. The molecule has 0 radical (unpaired) electrons. The van der Waals surface area contributed by atoms with Gasteiger partial charge < -0.3 is 60.0 Å². The van der Waals surface area contributed by atoms with Crippen LogP contribution in [0.25, 0.3) is 0 Å². The van der Waals surface area contributed by atoms with Gasteiger partial charge in [-0.05, 0) is 77.0 Å². The average Bonchev–Trinajstić information content (AvgIpc) is 3.31. The van der Waals surface area contributed by atoms with Gasteiger partial charge in [0, 0.05) is 25.2 Å². The van der Waals surface area contributed by atoms with Crippen LogP contribution in [0, 0.1) is 5.92 Å². The summed E-state index contributed by atoms with van der Waals surface area (Å²) in [5.41, 5.74) is 0. The van der Waals surface area contributed by atoms with E-state index in [0.717, 1.165) is 57.4 Å². The number of phosphoric ester groups is 1. The standard InChI is InChI=1S/C51H85O17P/c1-3-5-7-8-9-10-11-12-13-14-15-16-17-18-19-20-21-22-28-32-44(55)66-39-36-64-43(54)31-27-24-23-26-30-40-41(53)35-45(56)67-42(34-33-38(52)29-25-6-4-2)47(58)49(60)51(50(61)48(59)46(40)57)68-69(62,63)65-37-39/h9-10,12-13,15-16,18-19,23,26,33-34,38-42,45-53,56-61H,3-8,11,14,17,20-22,24-25,27-32,35-37H2,1-2H3,(H,62,63)/b10-9-,13-12-,16-15-,19-18-,26-23?,34-33+/t38-,39+,40-,41-,42+,45?,46+,47+,48-,49+,50+,51+/m0/s1. The molecule has 2 rings (SSSR count). The zero-order valence-electron chi connectivity index (χ0n) is 40.9. The van der Waals surface area contributed by atoms with Gasteiger partial charge in [-0.15, -0.1) is 0 Å². The molecule has 2 heterocycles. The summed E-state index contributed by atoms with van der Waals surface area (Å²) in [7, 11) is -5.49. The summed E-state index contributed by atoms with van der Waals surface area (Å²) in [6, 6.07) is 0. The maximum atomic E-state index is 13.6. The van der Waals surface area contributed by atoms with Crippen LogP contribution in [0.3, 0.4) is 0 Å². The van der Waals surface area contributed by atoms with Crippen LogP contribution in [0.2, 0.25) is 0 Å². The highest BCUT2D eigenvalue weighted by Gasteiger charge is 2.48. The lowest BCUT2D eigenvalue weighted by Gasteiger charge is -2.39. The fourth-order valence-corrected chi connectivity index (χ4v) is 8.64. The van der Waals surface area contributed by atoms with E-state index in [4.69, 9.17) is 23.3 Å². The number of hydrogen-bond donors (Lipinski definition) is 9. The number of rotatable bonds is 23. The van der Waals surface area contributed by atoms with Crippen molar-refractivity contribution in [1.29, 1.82) is 0 Å². The Morgan fingerprint density at radius 3 is 2.03 bits per heavy atom. The van der Waals surface area contributed by atoms with Gasteiger partial charge in [0.25, 0.3) is 0 Å². The molecule has 0 amide bonds. The molecule has 1 saturated heterocycles. The first-order valence-electron chi connectivity index (χ1n) is 25.1. The Hall–Kier alpha value is -2.87. The largest absolute Gasteiger partial charge is 0.472 e. The molecule has 0 saturated carbocycles. The second kappa shape index (κ2) is 37.0. The van der Waals surface area contributed by atoms with Crippen molar-refractivity contribution in [3.63, 3.8) is 0 Å². The lowest BCUT2D eigenvalue weighted by Crippen LogP contribution is -2.58. The third-order valence-electron chi connectivity index (χ3n) is 11.8. The van der Waals surface area contributed by atoms with Crippen molar-refractivity contribution in [2.75, 3.05) is 13.2 Å². The lowest BCUT2D eigenvalue weighted by atomic mass is 9.83. The van der Waals surface area contributed by atoms with Crippen LogP contribution in [0.5, 0.6) is 0 Å². The molecule has 2 bridgehead atoms. The lowest BCUT2D eigenvalue weighted by molar-refractivity contribution is -0.213. The minimum Gasteiger partial charge on any atom is -0.462 e. The van der Waals surface area contributed by atoms with Gasteiger partial charge in [0.05, 0.1) is 24.9 Å². The number of aliphatic hydroxyl groups is 8. The monoisotopic (exact) mass is 1000 g/mol. The minimum atomic E-state index is -5.49. The van der Waals surface area contributed by atoms with Crippen molar-refractivity contribution < 1.29 is 83.2 Å². The number of esters is 2. The Morgan fingerprint density at radius 2 is 1.38 bits per heavy atom. The van der Waals surface area contributed by atoms with Crippen LogP contribution in [0.15, 0.2) is 72.9 Å². The van der Waals surface area contributed by atoms with Gasteiger partial charge in [-0.3, -0.25) is 18.6 Å². The van der Waals surface area contributed by atoms with Gasteiger partial charge in [0.2, 0.25) is 0 Å². The van der Waals surface area contributed by atoms with Crippen LogP contribution >= 0.6 is 7.82 Å². The molecule has 2 aliphatic heterocycles. The van der Waals surface area contributed by atoms with Crippen molar-refractivity contribution in [2.24, 2.45) is 5.92 Å². The Bertz CT molecular complexity index is 1620. The molecule has 69 heavy (non-hydrogen) atoms. The summed E-state index contributed by atoms with van der Waals surface area (Å²) >= 11 is 0. The Kier molecular flexibility index (Phi) is 33.3. The van der Waals surface area contributed by atoms with E-state index < -0.39 is 113 Å². The van der Waals surface area contributed by atoms with Crippen LogP contribution in [-0.2, 0) is 37.4 Å². The highest BCUT2D eigenvalue weighted by molar-refractivity contribution is 7.47. The Labute approximate surface area is 409 Å². The van der Waals surface area contributed by atoms with E-state index >= 15 is 0 Å². The van der Waals surface area contributed by atoms with E-state index in [1.54, 1.807) is 12.2 Å². The summed E-state index contributed by atoms with van der Waals surface area (Å²) in [6.07, 6.45) is 14.2. The smallest absolute Gasteiger partial charge is 0.462 e. The molecule has 0 aromatic heterocycles. The molecule has 1 fully saturated rings. The molecular formula is C51H85O17P. The maximum Gasteiger partial charge on any atom is 0.472 e. The predicted octanol–water partition coefficient (Wildman–Crippen LogP) is 6.39. The van der Waals surface area contributed by atoms with Gasteiger partial charge in [-0.2, -0.15) is 0 Å². The summed E-state index contributed by atoms with van der Waals surface area (Å²) in [5.74, 6) is -2.68. The maximum absolute atomic E-state index is 13.6. The van der Waals surface area contributed by atoms with E-state index in [-0.39, 0.29) is 19.3 Å². The van der Waals surface area contributed by atoms with Gasteiger partial charge in [-0.1, -0.05) is 125 Å². The second-order valence-electron chi connectivity index (χ2n) is 17.8. The molecule has 0 spiro atoms. The quantitative estimate of drug-likeness (QED) is 0.0232. The number of hydrogen-bond acceptors (Lipinski definition) is 16. The number of allylic oxidation sites excluding steroid dienone is 10. The topological polar surface area (TPSA) is 279 Å². The van der Waals surface area contributed by atoms with E-state index in [9.17, 15) is 59.9 Å². The normalized spacial score (nSPS) is 31.5. The molecular weight excluding hydrogens is 916 g/mol. The van der Waals surface area contributed by atoms with Crippen LogP contribution in [-0.4, -0.2) is 138 Å². The highest BCUT2D eigenvalue weighted by Crippen LogP contribution is 2.47. The van der Waals surface area contributed by atoms with Crippen molar-refractivity contribution in [1.82, 2.24) is 0 Å². The summed E-state index contributed by atoms with van der Waals surface area (Å²) in [5, 5.41) is 89.5. The van der Waals surface area contributed by atoms with Crippen molar-refractivity contribution in [3.8, 4) is 0 Å². The molecule has 2 unspecified atom stereocenters. The summed E-state index contributed by atoms with van der Waals surface area (Å²) in [4.78, 5) is 36.6. The summed E-state index contributed by atoms with van der Waals surface area (Å²) < 4.78 is 40.3. The van der Waals surface area contributed by atoms with E-state index in [2.05, 4.69) is 55.5 Å². The SMILES string of the molecule is CCCCC/C=C\C/C=C\C/C=C\C/C=C\CCCCCC(=O)O[C@@H]1COC(=O)CCCC=CC[C@@H]2[C@@H](O)[C@H](O)[C@@H](O)[C@H](OP(=O)(O)OC1)[C@H](O)[C@H](O)[C@@H](/C=C/[C@@H](O)CCCCC)OC(O)C[C@@H]2O. The average molecular weight is 1000 g/mol. The number of carbonyl (C=O) groups excluding carboxylic acids is 2. The zero-order valence-corrected chi connectivity index (χ0v) is 41.8.